The molecule has 2 N–H and O–H groups in total. The topological polar surface area (TPSA) is 46.9 Å². The lowest BCUT2D eigenvalue weighted by molar-refractivity contribution is -0.211. The van der Waals surface area contributed by atoms with Crippen LogP contribution in [0.15, 0.2) is 21.1 Å². The van der Waals surface area contributed by atoms with Gasteiger partial charge in [0.05, 0.1) is 17.8 Å². The summed E-state index contributed by atoms with van der Waals surface area (Å²) in [7, 11) is 2.17. The van der Waals surface area contributed by atoms with Crippen LogP contribution in [0.1, 0.15) is 31.7 Å². The van der Waals surface area contributed by atoms with E-state index in [0.29, 0.717) is 29.8 Å². The van der Waals surface area contributed by atoms with Crippen LogP contribution in [-0.4, -0.2) is 52.6 Å². The quantitative estimate of drug-likeness (QED) is 0.547. The highest BCUT2D eigenvalue weighted by Gasteiger charge is 2.76. The van der Waals surface area contributed by atoms with E-state index in [1.54, 1.807) is 0 Å². The summed E-state index contributed by atoms with van der Waals surface area (Å²) in [6, 6.07) is 5.22. The van der Waals surface area contributed by atoms with Crippen molar-refractivity contribution in [1.29, 1.82) is 0 Å². The molecule has 5 heterocycles. The number of fused-ring (bicyclic) bond motifs is 2. The van der Waals surface area contributed by atoms with Crippen molar-refractivity contribution in [3.63, 3.8) is 0 Å². The zero-order valence-corrected chi connectivity index (χ0v) is 20.2. The van der Waals surface area contributed by atoms with Gasteiger partial charge in [0.25, 0.3) is 0 Å². The number of rotatable bonds is 1. The minimum Gasteiger partial charge on any atom is -0.392 e. The molecule has 5 aliphatic heterocycles. The van der Waals surface area contributed by atoms with E-state index in [1.165, 1.54) is 11.3 Å². The van der Waals surface area contributed by atoms with Crippen LogP contribution in [0.2, 0.25) is 0 Å². The summed E-state index contributed by atoms with van der Waals surface area (Å²) in [5, 5.41) is 22.9. The first-order valence-electron chi connectivity index (χ1n) is 9.77. The van der Waals surface area contributed by atoms with Gasteiger partial charge >= 0.3 is 0 Å². The van der Waals surface area contributed by atoms with Crippen molar-refractivity contribution < 1.29 is 10.2 Å². The smallest absolute Gasteiger partial charge is 0.111 e. The number of likely N-dealkylation sites (N-methyl/N-ethyl adjacent to an activating group) is 1. The molecule has 0 amide bonds. The van der Waals surface area contributed by atoms with E-state index in [0.717, 1.165) is 28.2 Å². The molecule has 27 heavy (non-hydrogen) atoms. The molecule has 1 aromatic carbocycles. The van der Waals surface area contributed by atoms with Crippen molar-refractivity contribution in [3.05, 3.63) is 26.6 Å². The molecule has 5 fully saturated rings. The maximum atomic E-state index is 11.7. The molecule has 10 atom stereocenters. The van der Waals surface area contributed by atoms with Gasteiger partial charge in [-0.2, -0.15) is 0 Å². The Morgan fingerprint density at radius 1 is 1.22 bits per heavy atom. The monoisotopic (exact) mass is 562 g/mol. The number of benzene rings is 1. The second-order valence-electron chi connectivity index (χ2n) is 9.07. The van der Waals surface area contributed by atoms with Gasteiger partial charge in [-0.25, -0.2) is 0 Å². The van der Waals surface area contributed by atoms with Gasteiger partial charge in [-0.1, -0.05) is 22.9 Å². The van der Waals surface area contributed by atoms with Crippen molar-refractivity contribution in [2.45, 2.75) is 62.1 Å². The first-order chi connectivity index (χ1) is 12.4. The molecule has 0 aromatic heterocycles. The molecule has 148 valence electrons. The summed E-state index contributed by atoms with van der Waals surface area (Å²) < 4.78 is 2.15. The van der Waals surface area contributed by atoms with Gasteiger partial charge < -0.3 is 15.1 Å². The van der Waals surface area contributed by atoms with Crippen molar-refractivity contribution >= 4 is 54.5 Å². The summed E-state index contributed by atoms with van der Waals surface area (Å²) in [6.07, 6.45) is 2.39. The Balaban J connectivity index is 0.00000160. The molecule has 7 heteroatoms. The molecule has 1 spiro atoms. The number of piperidine rings is 4. The number of aliphatic hydroxyl groups excluding tert-OH is 2. The Labute approximate surface area is 187 Å². The zero-order valence-electron chi connectivity index (χ0n) is 15.3. The first-order valence-corrected chi connectivity index (χ1v) is 11.4. The highest BCUT2D eigenvalue weighted by molar-refractivity contribution is 9.11. The molecule has 5 bridgehead atoms. The van der Waals surface area contributed by atoms with Crippen LogP contribution < -0.4 is 4.90 Å². The van der Waals surface area contributed by atoms with Crippen LogP contribution in [-0.2, 0) is 5.41 Å². The summed E-state index contributed by atoms with van der Waals surface area (Å²) in [6.45, 7) is 2.19. The normalized spacial score (nSPS) is 50.6. The Kier molecular flexibility index (Phi) is 4.25. The minimum absolute atomic E-state index is 0. The minimum atomic E-state index is -0.347. The standard InChI is InChI=1S/C20H24Br2N2O2.BrH/c1-3-9-10-6-13-17-20(7-14(15(10)18(20)25)24(13)19(9)26)11-4-8(21)5-12(22)16(11)23(17)2;/h4-5,9-10,13-15,17-19,25-26H,3,6-7H2,1-2H3;1H/t9-,10-,13-,14-,15-,17-,18+,19+,20-;/m0./s1. The molecule has 4 nitrogen and oxygen atoms in total. The number of halogens is 3. The maximum absolute atomic E-state index is 11.7. The van der Waals surface area contributed by atoms with Crippen molar-refractivity contribution in [1.82, 2.24) is 4.90 Å². The van der Waals surface area contributed by atoms with Crippen LogP contribution in [0.3, 0.4) is 0 Å². The lowest BCUT2D eigenvalue weighted by Gasteiger charge is -2.62. The second-order valence-corrected chi connectivity index (χ2v) is 10.8. The number of hydrogen-bond acceptors (Lipinski definition) is 4. The first kappa shape index (κ1) is 19.3. The van der Waals surface area contributed by atoms with Gasteiger partial charge in [-0.3, -0.25) is 4.90 Å². The highest BCUT2D eigenvalue weighted by atomic mass is 79.9. The Morgan fingerprint density at radius 3 is 2.67 bits per heavy atom. The second kappa shape index (κ2) is 5.94. The van der Waals surface area contributed by atoms with Gasteiger partial charge in [0.1, 0.15) is 6.23 Å². The van der Waals surface area contributed by atoms with E-state index in [1.807, 2.05) is 0 Å². The maximum Gasteiger partial charge on any atom is 0.111 e. The van der Waals surface area contributed by atoms with Crippen LogP contribution in [0.4, 0.5) is 5.69 Å². The van der Waals surface area contributed by atoms with Gasteiger partial charge in [0.15, 0.2) is 0 Å². The van der Waals surface area contributed by atoms with Gasteiger partial charge in [-0.05, 0) is 58.8 Å². The lowest BCUT2D eigenvalue weighted by atomic mass is 9.62. The van der Waals surface area contributed by atoms with E-state index in [-0.39, 0.29) is 40.8 Å². The molecular formula is C20H25Br3N2O2. The van der Waals surface area contributed by atoms with Crippen molar-refractivity contribution in [3.8, 4) is 0 Å². The molecule has 1 aromatic rings. The van der Waals surface area contributed by atoms with Crippen LogP contribution in [0.5, 0.6) is 0 Å². The lowest BCUT2D eigenvalue weighted by Crippen LogP contribution is -2.72. The third-order valence-corrected chi connectivity index (χ3v) is 9.62. The zero-order chi connectivity index (χ0) is 18.1. The molecule has 4 saturated heterocycles. The SMILES string of the molecule is Br.CC[C@H]1[C@@H]2C[C@H]3[C@@H]4N(C)c5c(Br)cc(Br)cc5[C@@]45C[C@@H]([C@H]2[C@H]5O)N3[C@@H]1O. The fourth-order valence-corrected chi connectivity index (χ4v) is 9.48. The fourth-order valence-electron chi connectivity index (χ4n) is 7.97. The Bertz CT molecular complexity index is 823. The molecule has 0 radical (unpaired) electrons. The van der Waals surface area contributed by atoms with Crippen molar-refractivity contribution in [2.75, 3.05) is 11.9 Å². The average Bonchev–Trinajstić information content (AvgIpc) is 2.96. The fraction of sp³-hybridized carbons (Fsp3) is 0.700. The molecule has 1 saturated carbocycles. The Hall–Kier alpha value is 0.340. The summed E-state index contributed by atoms with van der Waals surface area (Å²) in [5.41, 5.74) is 2.31. The molecule has 1 aliphatic carbocycles. The van der Waals surface area contributed by atoms with Crippen LogP contribution in [0.25, 0.3) is 0 Å². The molecule has 6 aliphatic rings. The predicted octanol–water partition coefficient (Wildman–Crippen LogP) is 3.66. The number of hydrogen-bond donors (Lipinski definition) is 2. The van der Waals surface area contributed by atoms with E-state index < -0.39 is 0 Å². The molecular weight excluding hydrogens is 540 g/mol. The Morgan fingerprint density at radius 2 is 1.96 bits per heavy atom. The molecule has 7 rings (SSSR count). The van der Waals surface area contributed by atoms with E-state index in [9.17, 15) is 10.2 Å². The van der Waals surface area contributed by atoms with Crippen LogP contribution >= 0.6 is 48.8 Å². The van der Waals surface area contributed by atoms with Gasteiger partial charge in [0.2, 0.25) is 0 Å². The molecule has 1 unspecified atom stereocenters. The van der Waals surface area contributed by atoms with Crippen LogP contribution in [0, 0.1) is 17.8 Å². The summed E-state index contributed by atoms with van der Waals surface area (Å²) in [5.74, 6) is 1.04. The highest BCUT2D eigenvalue weighted by Crippen LogP contribution is 2.69. The number of anilines is 1. The predicted molar refractivity (Wildman–Crippen MR) is 117 cm³/mol. The van der Waals surface area contributed by atoms with E-state index in [4.69, 9.17) is 0 Å². The summed E-state index contributed by atoms with van der Waals surface area (Å²) >= 11 is 7.44. The third kappa shape index (κ3) is 1.96. The van der Waals surface area contributed by atoms with Crippen molar-refractivity contribution in [2.24, 2.45) is 17.8 Å². The van der Waals surface area contributed by atoms with E-state index >= 15 is 0 Å². The van der Waals surface area contributed by atoms with Gasteiger partial charge in [0, 0.05) is 45.3 Å². The van der Waals surface area contributed by atoms with E-state index in [2.05, 4.69) is 67.8 Å². The van der Waals surface area contributed by atoms with Gasteiger partial charge in [-0.15, -0.1) is 17.0 Å². The average molecular weight is 565 g/mol. The third-order valence-electron chi connectivity index (χ3n) is 8.56. The number of nitrogens with zero attached hydrogens (tertiary/aromatic N) is 2. The number of aliphatic hydroxyl groups is 2. The summed E-state index contributed by atoms with van der Waals surface area (Å²) in [4.78, 5) is 4.80. The largest absolute Gasteiger partial charge is 0.392 e.